The Morgan fingerprint density at radius 2 is 2.36 bits per heavy atom. The predicted molar refractivity (Wildman–Crippen MR) is 114 cm³/mol. The molecule has 1 unspecified atom stereocenters. The smallest absolute Gasteiger partial charge is 0.254 e. The topological polar surface area (TPSA) is 88.5 Å². The second-order valence-corrected chi connectivity index (χ2v) is 8.18. The van der Waals surface area contributed by atoms with Crippen molar-refractivity contribution in [2.75, 3.05) is 32.9 Å². The summed E-state index contributed by atoms with van der Waals surface area (Å²) in [6.45, 7) is 5.96. The maximum absolute atomic E-state index is 12.2. The highest BCUT2D eigenvalue weighted by molar-refractivity contribution is 7.13. The van der Waals surface area contributed by atoms with Crippen molar-refractivity contribution in [3.8, 4) is 10.6 Å². The molecule has 7 nitrogen and oxygen atoms in total. The van der Waals surface area contributed by atoms with E-state index in [1.807, 2.05) is 29.1 Å². The fourth-order valence-electron chi connectivity index (χ4n) is 3.45. The Labute approximate surface area is 169 Å². The van der Waals surface area contributed by atoms with Gasteiger partial charge in [0.1, 0.15) is 0 Å². The molecule has 1 fully saturated rings. The number of nitrogens with two attached hydrogens (primary N) is 1. The van der Waals surface area contributed by atoms with Crippen LogP contribution in [-0.4, -0.2) is 53.6 Å². The minimum Gasteiger partial charge on any atom is -0.381 e. The number of nitrogens with one attached hydrogen (secondary N) is 1. The number of carbonyl (C=O) groups is 1. The Morgan fingerprint density at radius 1 is 1.57 bits per heavy atom. The largest absolute Gasteiger partial charge is 0.381 e. The van der Waals surface area contributed by atoms with Gasteiger partial charge in [0.05, 0.1) is 28.4 Å². The van der Waals surface area contributed by atoms with E-state index in [2.05, 4.69) is 16.9 Å². The number of aromatic nitrogens is 2. The van der Waals surface area contributed by atoms with E-state index >= 15 is 0 Å². The van der Waals surface area contributed by atoms with Crippen molar-refractivity contribution < 1.29 is 4.79 Å². The van der Waals surface area contributed by atoms with E-state index in [9.17, 15) is 4.79 Å². The van der Waals surface area contributed by atoms with Crippen LogP contribution in [0.5, 0.6) is 0 Å². The van der Waals surface area contributed by atoms with Gasteiger partial charge in [-0.25, -0.2) is 4.98 Å². The molecule has 0 spiro atoms. The molecule has 3 heterocycles. The summed E-state index contributed by atoms with van der Waals surface area (Å²) in [6, 6.07) is 1.87. The van der Waals surface area contributed by atoms with Gasteiger partial charge >= 0.3 is 0 Å². The molecule has 1 aliphatic heterocycles. The van der Waals surface area contributed by atoms with Gasteiger partial charge in [-0.15, -0.1) is 17.9 Å². The van der Waals surface area contributed by atoms with E-state index in [4.69, 9.17) is 10.7 Å². The molecule has 1 amide bonds. The van der Waals surface area contributed by atoms with Gasteiger partial charge in [-0.2, -0.15) is 0 Å². The highest BCUT2D eigenvalue weighted by Crippen LogP contribution is 2.26. The lowest BCUT2D eigenvalue weighted by Gasteiger charge is -2.26. The maximum Gasteiger partial charge on any atom is 0.254 e. The molecule has 28 heavy (non-hydrogen) atoms. The summed E-state index contributed by atoms with van der Waals surface area (Å²) in [7, 11) is 5.42. The molecule has 2 atom stereocenters. The van der Waals surface area contributed by atoms with Crippen LogP contribution in [0.2, 0.25) is 0 Å². The first-order valence-electron chi connectivity index (χ1n) is 9.41. The lowest BCUT2D eigenvalue weighted by molar-refractivity contribution is 0.0828. The molecule has 2 aromatic heterocycles. The maximum atomic E-state index is 12.2. The molecule has 150 valence electrons. The van der Waals surface area contributed by atoms with Crippen LogP contribution in [0.4, 0.5) is 5.82 Å². The number of rotatable bonds is 5. The van der Waals surface area contributed by atoms with Crippen molar-refractivity contribution in [2.24, 2.45) is 18.0 Å². The van der Waals surface area contributed by atoms with Gasteiger partial charge in [-0.1, -0.05) is 6.08 Å². The first-order valence-corrected chi connectivity index (χ1v) is 10.3. The van der Waals surface area contributed by atoms with Gasteiger partial charge < -0.3 is 20.5 Å². The average Bonchev–Trinajstić information content (AvgIpc) is 3.18. The molecule has 0 saturated carbocycles. The summed E-state index contributed by atoms with van der Waals surface area (Å²) in [4.78, 5) is 24.0. The van der Waals surface area contributed by atoms with Gasteiger partial charge in [0.15, 0.2) is 11.3 Å². The summed E-state index contributed by atoms with van der Waals surface area (Å²) >= 11 is 1.51. The summed E-state index contributed by atoms with van der Waals surface area (Å²) in [5.74, 6) is 0.776. The van der Waals surface area contributed by atoms with Crippen molar-refractivity contribution in [1.29, 1.82) is 0 Å². The molecule has 0 aliphatic carbocycles. The lowest BCUT2D eigenvalue weighted by atomic mass is 9.92. The van der Waals surface area contributed by atoms with Crippen molar-refractivity contribution in [1.82, 2.24) is 19.8 Å². The Morgan fingerprint density at radius 3 is 3.00 bits per heavy atom. The SMILES string of the molecule is C=C[C@H](N=c1c(N)ncc(-c2cc(C(=O)N(C)C)cs2)n1C)C1CCCNC1. The number of piperidine rings is 1. The fourth-order valence-corrected chi connectivity index (χ4v) is 4.37. The molecule has 3 rings (SSSR count). The molecule has 0 aromatic carbocycles. The van der Waals surface area contributed by atoms with Crippen molar-refractivity contribution >= 4 is 23.1 Å². The molecular weight excluding hydrogens is 372 g/mol. The van der Waals surface area contributed by atoms with Crippen molar-refractivity contribution in [3.63, 3.8) is 0 Å². The zero-order valence-electron chi connectivity index (χ0n) is 16.7. The first kappa shape index (κ1) is 20.3. The van der Waals surface area contributed by atoms with E-state index < -0.39 is 0 Å². The van der Waals surface area contributed by atoms with Gasteiger partial charge in [0.2, 0.25) is 0 Å². The molecule has 8 heteroatoms. The second-order valence-electron chi connectivity index (χ2n) is 7.27. The Bertz CT molecular complexity index is 923. The quantitative estimate of drug-likeness (QED) is 0.750. The number of hydrogen-bond acceptors (Lipinski definition) is 6. The third-order valence-electron chi connectivity index (χ3n) is 5.07. The van der Waals surface area contributed by atoms with Gasteiger partial charge in [0.25, 0.3) is 5.91 Å². The van der Waals surface area contributed by atoms with Crippen LogP contribution >= 0.6 is 11.3 Å². The standard InChI is InChI=1S/C20H28N6OS/c1-5-15(13-7-6-8-22-10-13)24-19-18(21)23-11-16(26(19)4)17-9-14(12-28-17)20(27)25(2)3/h5,9,11-13,15,22H,1,6-8,10H2,2-4H3,(H2,21,23)/t13?,15-/m0/s1. The van der Waals surface area contributed by atoms with Crippen LogP contribution in [0.25, 0.3) is 10.6 Å². The van der Waals surface area contributed by atoms with Crippen LogP contribution in [0.3, 0.4) is 0 Å². The van der Waals surface area contributed by atoms with E-state index in [0.717, 1.165) is 36.5 Å². The van der Waals surface area contributed by atoms with Crippen LogP contribution < -0.4 is 16.5 Å². The number of carbonyl (C=O) groups excluding carboxylic acids is 1. The zero-order valence-corrected chi connectivity index (χ0v) is 17.5. The molecule has 1 saturated heterocycles. The van der Waals surface area contributed by atoms with Gasteiger partial charge in [-0.3, -0.25) is 9.79 Å². The third-order valence-corrected chi connectivity index (χ3v) is 6.02. The van der Waals surface area contributed by atoms with Crippen molar-refractivity contribution in [3.05, 3.63) is 41.3 Å². The normalized spacial score (nSPS) is 18.7. The minimum absolute atomic E-state index is 0.0185. The number of amides is 1. The van der Waals surface area contributed by atoms with Gasteiger partial charge in [0, 0.05) is 33.1 Å². The van der Waals surface area contributed by atoms with Crippen LogP contribution in [0.1, 0.15) is 23.2 Å². The van der Waals surface area contributed by atoms with Crippen molar-refractivity contribution in [2.45, 2.75) is 18.9 Å². The molecule has 0 bridgehead atoms. The van der Waals surface area contributed by atoms with E-state index in [1.165, 1.54) is 11.3 Å². The summed E-state index contributed by atoms with van der Waals surface area (Å²) in [5, 5.41) is 5.29. The molecular formula is C20H28N6OS. The van der Waals surface area contributed by atoms with Gasteiger partial charge in [-0.05, 0) is 31.4 Å². The molecule has 0 radical (unpaired) electrons. The summed E-state index contributed by atoms with van der Waals surface area (Å²) in [6.07, 6.45) is 5.88. The number of anilines is 1. The molecule has 1 aliphatic rings. The Kier molecular flexibility index (Phi) is 6.31. The van der Waals surface area contributed by atoms with E-state index in [1.54, 1.807) is 25.2 Å². The number of nitrogens with zero attached hydrogens (tertiary/aromatic N) is 4. The molecule has 2 aromatic rings. The average molecular weight is 401 g/mol. The third kappa shape index (κ3) is 4.18. The Hall–Kier alpha value is -2.45. The number of hydrogen-bond donors (Lipinski definition) is 2. The Balaban J connectivity index is 2.00. The van der Waals surface area contributed by atoms with E-state index in [-0.39, 0.29) is 11.9 Å². The molecule has 3 N–H and O–H groups in total. The summed E-state index contributed by atoms with van der Waals surface area (Å²) < 4.78 is 1.95. The fraction of sp³-hybridized carbons (Fsp3) is 0.450. The van der Waals surface area contributed by atoms with Crippen LogP contribution in [0, 0.1) is 5.92 Å². The van der Waals surface area contributed by atoms with E-state index in [0.29, 0.717) is 22.8 Å². The highest BCUT2D eigenvalue weighted by atomic mass is 32.1. The second kappa shape index (κ2) is 8.70. The predicted octanol–water partition coefficient (Wildman–Crippen LogP) is 1.89. The number of nitrogen functional groups attached to an aromatic ring is 1. The summed E-state index contributed by atoms with van der Waals surface area (Å²) in [5.41, 5.74) is 8.34. The minimum atomic E-state index is -0.0208. The monoisotopic (exact) mass is 400 g/mol. The highest BCUT2D eigenvalue weighted by Gasteiger charge is 2.21. The van der Waals surface area contributed by atoms with Crippen LogP contribution in [-0.2, 0) is 7.05 Å². The van der Waals surface area contributed by atoms with Crippen LogP contribution in [0.15, 0.2) is 35.3 Å². The first-order chi connectivity index (χ1) is 13.4. The zero-order chi connectivity index (χ0) is 20.3. The number of thiophene rings is 1. The lowest BCUT2D eigenvalue weighted by Crippen LogP contribution is -2.37.